The first-order valence-electron chi connectivity index (χ1n) is 6.70. The van der Waals surface area contributed by atoms with Crippen molar-refractivity contribution in [1.82, 2.24) is 4.37 Å². The Hall–Kier alpha value is -2.04. The zero-order valence-electron chi connectivity index (χ0n) is 11.4. The van der Waals surface area contributed by atoms with Crippen LogP contribution in [-0.2, 0) is 0 Å². The van der Waals surface area contributed by atoms with Crippen molar-refractivity contribution in [2.45, 2.75) is 6.92 Å². The Morgan fingerprint density at radius 2 is 1.86 bits per heavy atom. The van der Waals surface area contributed by atoms with Crippen molar-refractivity contribution < 1.29 is 0 Å². The van der Waals surface area contributed by atoms with Gasteiger partial charge >= 0.3 is 0 Å². The van der Waals surface area contributed by atoms with Gasteiger partial charge in [-0.05, 0) is 36.1 Å². The maximum absolute atomic E-state index is 4.84. The quantitative estimate of drug-likeness (QED) is 0.454. The summed E-state index contributed by atoms with van der Waals surface area (Å²) in [5, 5.41) is 3.40. The summed E-state index contributed by atoms with van der Waals surface area (Å²) in [6.45, 7) is 2.09. The van der Waals surface area contributed by atoms with E-state index in [1.54, 1.807) is 10.3 Å². The topological polar surface area (TPSA) is 25.2 Å². The molecule has 4 rings (SSSR count). The molecule has 4 heteroatoms. The van der Waals surface area contributed by atoms with Crippen LogP contribution in [0.15, 0.2) is 59.6 Å². The molecule has 0 bridgehead atoms. The molecule has 0 radical (unpaired) electrons. The second kappa shape index (κ2) is 5.06. The largest absolute Gasteiger partial charge is 0.248 e. The summed E-state index contributed by atoms with van der Waals surface area (Å²) in [7, 11) is 3.23. The van der Waals surface area contributed by atoms with E-state index in [4.69, 9.17) is 4.99 Å². The normalized spacial score (nSPS) is 12.3. The van der Waals surface area contributed by atoms with Crippen LogP contribution >= 0.6 is 20.9 Å². The summed E-state index contributed by atoms with van der Waals surface area (Å²) in [6, 6.07) is 18.8. The molecule has 1 heterocycles. The third kappa shape index (κ3) is 2.26. The van der Waals surface area contributed by atoms with E-state index in [2.05, 4.69) is 65.9 Å². The lowest BCUT2D eigenvalue weighted by atomic mass is 10.1. The van der Waals surface area contributed by atoms with Crippen molar-refractivity contribution in [2.75, 3.05) is 0 Å². The molecule has 2 nitrogen and oxygen atoms in total. The number of rotatable bonds is 1. The molecule has 0 saturated heterocycles. The van der Waals surface area contributed by atoms with Crippen molar-refractivity contribution in [2.24, 2.45) is 4.99 Å². The van der Waals surface area contributed by atoms with Gasteiger partial charge in [0, 0.05) is 15.9 Å². The Labute approximate surface area is 129 Å². The van der Waals surface area contributed by atoms with Gasteiger partial charge in [-0.3, -0.25) is 0 Å². The zero-order chi connectivity index (χ0) is 14.2. The van der Waals surface area contributed by atoms with E-state index < -0.39 is 0 Å². The maximum atomic E-state index is 4.84. The Kier molecular flexibility index (Phi) is 3.05. The molecule has 0 N–H and O–H groups in total. The molecule has 102 valence electrons. The molecule has 0 unspecified atom stereocenters. The number of fused-ring (bicyclic) bond motifs is 2. The molecule has 2 aliphatic rings. The Bertz CT molecular complexity index is 960. The fourth-order valence-electron chi connectivity index (χ4n) is 2.51. The predicted octanol–water partition coefficient (Wildman–Crippen LogP) is 5.00. The van der Waals surface area contributed by atoms with Crippen molar-refractivity contribution >= 4 is 37.3 Å². The van der Waals surface area contributed by atoms with E-state index in [9.17, 15) is 0 Å². The zero-order valence-corrected chi connectivity index (χ0v) is 13.0. The van der Waals surface area contributed by atoms with Crippen LogP contribution in [0.1, 0.15) is 5.56 Å². The van der Waals surface area contributed by atoms with Gasteiger partial charge in [-0.15, -0.1) is 0 Å². The highest BCUT2D eigenvalue weighted by atomic mass is 32.9. The number of hydrogen-bond acceptors (Lipinski definition) is 4. The molecule has 1 aliphatic carbocycles. The highest BCUT2D eigenvalue weighted by Crippen LogP contribution is 2.30. The number of benzene rings is 3. The molecule has 0 saturated carbocycles. The van der Waals surface area contributed by atoms with Crippen LogP contribution in [-0.4, -0.2) is 4.37 Å². The molecular weight excluding hydrogens is 296 g/mol. The van der Waals surface area contributed by atoms with Crippen LogP contribution in [0.4, 0.5) is 5.69 Å². The molecule has 0 spiro atoms. The molecule has 2 aromatic carbocycles. The maximum Gasteiger partial charge on any atom is 0.0980 e. The standard InChI is InChI=1S/C17H12N2S2/c1-11-9-13(10-16-17(11)19-21-20-16)18-15-8-4-6-12-5-2-3-7-14(12)15/h2-10H,1H3. The van der Waals surface area contributed by atoms with Crippen LogP contribution in [0, 0.1) is 6.92 Å². The first-order valence-corrected chi connectivity index (χ1v) is 8.81. The summed E-state index contributed by atoms with van der Waals surface area (Å²) in [6.07, 6.45) is 0. The summed E-state index contributed by atoms with van der Waals surface area (Å²) < 4.78 is 4.43. The molecule has 2 aromatic rings. The Morgan fingerprint density at radius 1 is 1.00 bits per heavy atom. The summed E-state index contributed by atoms with van der Waals surface area (Å²) in [5.41, 5.74) is 3.30. The summed E-state index contributed by atoms with van der Waals surface area (Å²) in [4.78, 5) is 6.05. The first-order chi connectivity index (χ1) is 10.3. The molecule has 1 aliphatic heterocycles. The van der Waals surface area contributed by atoms with Gasteiger partial charge in [-0.25, -0.2) is 4.99 Å². The Morgan fingerprint density at radius 3 is 2.81 bits per heavy atom. The van der Waals surface area contributed by atoms with Gasteiger partial charge in [0.25, 0.3) is 0 Å². The number of hydrogen-bond donors (Lipinski definition) is 0. The summed E-state index contributed by atoms with van der Waals surface area (Å²) >= 11 is 0. The third-order valence-corrected chi connectivity index (χ3v) is 5.33. The van der Waals surface area contributed by atoms with Gasteiger partial charge in [0.2, 0.25) is 0 Å². The summed E-state index contributed by atoms with van der Waals surface area (Å²) in [5.74, 6) is 0. The Balaban J connectivity index is 1.98. The van der Waals surface area contributed by atoms with Gasteiger partial charge in [0.1, 0.15) is 0 Å². The molecule has 21 heavy (non-hydrogen) atoms. The highest BCUT2D eigenvalue weighted by Gasteiger charge is 2.09. The van der Waals surface area contributed by atoms with E-state index in [0.717, 1.165) is 16.7 Å². The van der Waals surface area contributed by atoms with Crippen molar-refractivity contribution in [3.8, 4) is 10.6 Å². The van der Waals surface area contributed by atoms with Crippen LogP contribution in [0.3, 0.4) is 0 Å². The molecule has 0 aromatic heterocycles. The average Bonchev–Trinajstić information content (AvgIpc) is 2.97. The molecule has 0 atom stereocenters. The van der Waals surface area contributed by atoms with Crippen molar-refractivity contribution in [1.29, 1.82) is 0 Å². The van der Waals surface area contributed by atoms with Crippen molar-refractivity contribution in [3.05, 3.63) is 65.5 Å². The second-order valence-corrected chi connectivity index (χ2v) is 6.85. The van der Waals surface area contributed by atoms with Crippen LogP contribution in [0.2, 0.25) is 0 Å². The number of nitrogens with zero attached hydrogens (tertiary/aromatic N) is 2. The number of aromatic nitrogens is 1. The predicted molar refractivity (Wildman–Crippen MR) is 90.5 cm³/mol. The lowest BCUT2D eigenvalue weighted by Gasteiger charge is -2.03. The van der Waals surface area contributed by atoms with E-state index in [1.165, 1.54) is 31.7 Å². The van der Waals surface area contributed by atoms with E-state index >= 15 is 0 Å². The van der Waals surface area contributed by atoms with Gasteiger partial charge in [0.15, 0.2) is 0 Å². The van der Waals surface area contributed by atoms with Gasteiger partial charge in [0.05, 0.1) is 21.6 Å². The number of aryl methyl sites for hydroxylation is 1. The SMILES string of the molecule is Cc1cc(=Nc2cccc3ccccc23)cc2ssnc1-2. The minimum Gasteiger partial charge on any atom is -0.248 e. The van der Waals surface area contributed by atoms with Crippen LogP contribution in [0.5, 0.6) is 0 Å². The van der Waals surface area contributed by atoms with Crippen LogP contribution in [0.25, 0.3) is 21.3 Å². The fraction of sp³-hybridized carbons (Fsp3) is 0.0588. The average molecular weight is 308 g/mol. The first kappa shape index (κ1) is 12.7. The van der Waals surface area contributed by atoms with Gasteiger partial charge < -0.3 is 0 Å². The smallest absolute Gasteiger partial charge is 0.0980 e. The van der Waals surface area contributed by atoms with Crippen molar-refractivity contribution in [3.63, 3.8) is 0 Å². The molecular formula is C17H12N2S2. The minimum atomic E-state index is 0.993. The minimum absolute atomic E-state index is 0.993. The van der Waals surface area contributed by atoms with Gasteiger partial charge in [-0.2, -0.15) is 4.37 Å². The third-order valence-electron chi connectivity index (χ3n) is 3.52. The highest BCUT2D eigenvalue weighted by molar-refractivity contribution is 7.68. The lowest BCUT2D eigenvalue weighted by molar-refractivity contribution is 1.30. The lowest BCUT2D eigenvalue weighted by Crippen LogP contribution is -2.02. The fourth-order valence-corrected chi connectivity index (χ4v) is 4.42. The van der Waals surface area contributed by atoms with Gasteiger partial charge in [-0.1, -0.05) is 46.7 Å². The van der Waals surface area contributed by atoms with E-state index in [0.29, 0.717) is 0 Å². The molecule has 0 amide bonds. The second-order valence-electron chi connectivity index (χ2n) is 4.97. The van der Waals surface area contributed by atoms with E-state index in [-0.39, 0.29) is 0 Å². The van der Waals surface area contributed by atoms with Crippen LogP contribution < -0.4 is 5.36 Å². The molecule has 0 fully saturated rings. The monoisotopic (exact) mass is 308 g/mol. The van der Waals surface area contributed by atoms with E-state index in [1.807, 2.05) is 0 Å².